The van der Waals surface area contributed by atoms with Crippen LogP contribution in [0.25, 0.3) is 0 Å². The van der Waals surface area contributed by atoms with Crippen LogP contribution in [-0.4, -0.2) is 37.5 Å². The van der Waals surface area contributed by atoms with Crippen molar-refractivity contribution >= 4 is 17.2 Å². The van der Waals surface area contributed by atoms with Crippen LogP contribution in [0.5, 0.6) is 0 Å². The van der Waals surface area contributed by atoms with Gasteiger partial charge in [-0.25, -0.2) is 0 Å². The van der Waals surface area contributed by atoms with E-state index >= 15 is 0 Å². The van der Waals surface area contributed by atoms with Crippen LogP contribution < -0.4 is 11.1 Å². The minimum Gasteiger partial charge on any atom is -0.359 e. The number of hydrogen-bond acceptors (Lipinski definition) is 4. The molecule has 1 heterocycles. The average molecular weight is 297 g/mol. The van der Waals surface area contributed by atoms with Crippen molar-refractivity contribution in [2.45, 2.75) is 39.3 Å². The smallest absolute Gasteiger partial charge is 0.223 e. The van der Waals surface area contributed by atoms with Crippen molar-refractivity contribution in [1.29, 1.82) is 0 Å². The monoisotopic (exact) mass is 297 g/mol. The van der Waals surface area contributed by atoms with Crippen molar-refractivity contribution in [3.05, 3.63) is 21.9 Å². The van der Waals surface area contributed by atoms with Gasteiger partial charge in [0.05, 0.1) is 6.04 Å². The van der Waals surface area contributed by atoms with E-state index in [1.807, 2.05) is 6.92 Å². The molecule has 5 heteroatoms. The molecular weight excluding hydrogens is 270 g/mol. The summed E-state index contributed by atoms with van der Waals surface area (Å²) in [4.78, 5) is 16.5. The minimum absolute atomic E-state index is 0.0439. The van der Waals surface area contributed by atoms with Crippen molar-refractivity contribution in [3.8, 4) is 0 Å². The van der Waals surface area contributed by atoms with Gasteiger partial charge in [0.25, 0.3) is 0 Å². The summed E-state index contributed by atoms with van der Waals surface area (Å²) in [7, 11) is 3.73. The van der Waals surface area contributed by atoms with E-state index in [4.69, 9.17) is 5.73 Å². The number of rotatable bonds is 7. The molecule has 0 aromatic carbocycles. The zero-order chi connectivity index (χ0) is 15.3. The fraction of sp³-hybridized carbons (Fsp3) is 0.667. The maximum absolute atomic E-state index is 11.7. The molecule has 3 atom stereocenters. The number of amides is 1. The summed E-state index contributed by atoms with van der Waals surface area (Å²) in [6, 6.07) is 4.54. The van der Waals surface area contributed by atoms with E-state index in [1.165, 1.54) is 9.75 Å². The van der Waals surface area contributed by atoms with Crippen LogP contribution in [0.2, 0.25) is 0 Å². The lowest BCUT2D eigenvalue weighted by Gasteiger charge is -2.33. The molecule has 3 N–H and O–H groups in total. The molecule has 114 valence electrons. The summed E-state index contributed by atoms with van der Waals surface area (Å²) in [6.45, 7) is 6.86. The lowest BCUT2D eigenvalue weighted by atomic mass is 10.0. The van der Waals surface area contributed by atoms with Crippen LogP contribution in [-0.2, 0) is 4.79 Å². The van der Waals surface area contributed by atoms with Crippen molar-refractivity contribution in [2.24, 2.45) is 11.7 Å². The first-order valence-electron chi connectivity index (χ1n) is 7.14. The van der Waals surface area contributed by atoms with E-state index in [2.05, 4.69) is 43.2 Å². The zero-order valence-corrected chi connectivity index (χ0v) is 14.0. The largest absolute Gasteiger partial charge is 0.359 e. The van der Waals surface area contributed by atoms with Gasteiger partial charge < -0.3 is 11.1 Å². The van der Waals surface area contributed by atoms with Gasteiger partial charge in [0.1, 0.15) is 0 Å². The molecule has 0 bridgehead atoms. The van der Waals surface area contributed by atoms with E-state index in [0.29, 0.717) is 6.54 Å². The SMILES string of the molecule is CCC(N)C(c1ccc(C)s1)N(C)CC(C)C(=O)NC. The van der Waals surface area contributed by atoms with E-state index in [1.54, 1.807) is 18.4 Å². The van der Waals surface area contributed by atoms with Crippen molar-refractivity contribution in [1.82, 2.24) is 10.2 Å². The van der Waals surface area contributed by atoms with Crippen molar-refractivity contribution in [3.63, 3.8) is 0 Å². The van der Waals surface area contributed by atoms with Crippen LogP contribution in [0.4, 0.5) is 0 Å². The number of nitrogens with two attached hydrogens (primary N) is 1. The van der Waals surface area contributed by atoms with E-state index < -0.39 is 0 Å². The summed E-state index contributed by atoms with van der Waals surface area (Å²) in [5.41, 5.74) is 6.31. The predicted octanol–water partition coefficient (Wildman–Crippen LogP) is 2.15. The Morgan fingerprint density at radius 2 is 2.15 bits per heavy atom. The standard InChI is InChI=1S/C15H27N3OS/c1-6-12(16)14(13-8-7-11(3)20-13)18(5)9-10(2)15(19)17-4/h7-8,10,12,14H,6,9,16H2,1-5H3,(H,17,19). The fourth-order valence-corrected chi connectivity index (χ4v) is 3.59. The fourth-order valence-electron chi connectivity index (χ4n) is 2.47. The summed E-state index contributed by atoms with van der Waals surface area (Å²) in [5, 5.41) is 2.70. The molecule has 0 saturated carbocycles. The predicted molar refractivity (Wildman–Crippen MR) is 85.9 cm³/mol. The van der Waals surface area contributed by atoms with E-state index in [0.717, 1.165) is 6.42 Å². The first kappa shape index (κ1) is 17.1. The van der Waals surface area contributed by atoms with Gasteiger partial charge in [0.2, 0.25) is 5.91 Å². The molecule has 3 unspecified atom stereocenters. The van der Waals surface area contributed by atoms with Gasteiger partial charge in [0, 0.05) is 35.3 Å². The highest BCUT2D eigenvalue weighted by atomic mass is 32.1. The molecule has 0 spiro atoms. The van der Waals surface area contributed by atoms with Crippen LogP contribution in [0.1, 0.15) is 36.1 Å². The third-order valence-electron chi connectivity index (χ3n) is 3.66. The number of nitrogens with zero attached hydrogens (tertiary/aromatic N) is 1. The summed E-state index contributed by atoms with van der Waals surface area (Å²) in [5.74, 6) is 0.0284. The molecule has 0 fully saturated rings. The van der Waals surface area contributed by atoms with E-state index in [-0.39, 0.29) is 23.9 Å². The molecular formula is C15H27N3OS. The Morgan fingerprint density at radius 1 is 1.50 bits per heavy atom. The Balaban J connectivity index is 2.86. The van der Waals surface area contributed by atoms with Gasteiger partial charge in [-0.3, -0.25) is 9.69 Å². The van der Waals surface area contributed by atoms with Crippen LogP contribution >= 0.6 is 11.3 Å². The van der Waals surface area contributed by atoms with Gasteiger partial charge in [-0.15, -0.1) is 11.3 Å². The molecule has 20 heavy (non-hydrogen) atoms. The zero-order valence-electron chi connectivity index (χ0n) is 13.1. The lowest BCUT2D eigenvalue weighted by molar-refractivity contribution is -0.124. The molecule has 1 aromatic rings. The second kappa shape index (κ2) is 7.76. The van der Waals surface area contributed by atoms with Gasteiger partial charge in [-0.2, -0.15) is 0 Å². The third kappa shape index (κ3) is 4.30. The maximum atomic E-state index is 11.7. The van der Waals surface area contributed by atoms with Gasteiger partial charge in [-0.05, 0) is 32.5 Å². The molecule has 0 aliphatic rings. The summed E-state index contributed by atoms with van der Waals surface area (Å²) in [6.07, 6.45) is 0.917. The molecule has 1 amide bonds. The molecule has 1 rings (SSSR count). The summed E-state index contributed by atoms with van der Waals surface area (Å²) < 4.78 is 0. The number of carbonyl (C=O) groups is 1. The first-order valence-corrected chi connectivity index (χ1v) is 7.96. The molecule has 0 saturated heterocycles. The molecule has 4 nitrogen and oxygen atoms in total. The van der Waals surface area contributed by atoms with Crippen LogP contribution in [0.3, 0.4) is 0 Å². The van der Waals surface area contributed by atoms with Gasteiger partial charge in [0.15, 0.2) is 0 Å². The van der Waals surface area contributed by atoms with E-state index in [9.17, 15) is 4.79 Å². The second-order valence-electron chi connectivity index (χ2n) is 5.42. The average Bonchev–Trinajstić information content (AvgIpc) is 2.83. The Labute approximate surface area is 126 Å². The van der Waals surface area contributed by atoms with Crippen molar-refractivity contribution in [2.75, 3.05) is 20.6 Å². The number of nitrogens with one attached hydrogen (secondary N) is 1. The Bertz CT molecular complexity index is 433. The van der Waals surface area contributed by atoms with Crippen LogP contribution in [0.15, 0.2) is 12.1 Å². The number of thiophene rings is 1. The van der Waals surface area contributed by atoms with Crippen LogP contribution in [0, 0.1) is 12.8 Å². The molecule has 1 aromatic heterocycles. The second-order valence-corrected chi connectivity index (χ2v) is 6.74. The topological polar surface area (TPSA) is 58.4 Å². The van der Waals surface area contributed by atoms with Gasteiger partial charge in [-0.1, -0.05) is 13.8 Å². The summed E-state index contributed by atoms with van der Waals surface area (Å²) >= 11 is 1.79. The highest BCUT2D eigenvalue weighted by Crippen LogP contribution is 2.30. The Hall–Kier alpha value is -0.910. The molecule has 0 radical (unpaired) electrons. The number of carbonyl (C=O) groups excluding carboxylic acids is 1. The maximum Gasteiger partial charge on any atom is 0.223 e. The Morgan fingerprint density at radius 3 is 2.60 bits per heavy atom. The molecule has 0 aliphatic heterocycles. The van der Waals surface area contributed by atoms with Crippen molar-refractivity contribution < 1.29 is 4.79 Å². The number of likely N-dealkylation sites (N-methyl/N-ethyl adjacent to an activating group) is 1. The quantitative estimate of drug-likeness (QED) is 0.811. The first-order chi connectivity index (χ1) is 9.40. The Kier molecular flexibility index (Phi) is 6.65. The van der Waals surface area contributed by atoms with Gasteiger partial charge >= 0.3 is 0 Å². The third-order valence-corrected chi connectivity index (χ3v) is 4.73. The molecule has 0 aliphatic carbocycles. The number of hydrogen-bond donors (Lipinski definition) is 2. The highest BCUT2D eigenvalue weighted by Gasteiger charge is 2.26. The minimum atomic E-state index is -0.0439. The lowest BCUT2D eigenvalue weighted by Crippen LogP contribution is -2.42. The highest BCUT2D eigenvalue weighted by molar-refractivity contribution is 7.12. The normalized spacial score (nSPS) is 15.9. The number of aryl methyl sites for hydroxylation is 1.